The van der Waals surface area contributed by atoms with E-state index < -0.39 is 6.10 Å². The number of aliphatic hydroxyl groups is 1. The Labute approximate surface area is 149 Å². The third-order valence-electron chi connectivity index (χ3n) is 4.38. The van der Waals surface area contributed by atoms with Crippen molar-refractivity contribution in [3.8, 4) is 5.75 Å². The van der Waals surface area contributed by atoms with Crippen molar-refractivity contribution in [3.63, 3.8) is 0 Å². The maximum absolute atomic E-state index is 10.5. The highest BCUT2D eigenvalue weighted by molar-refractivity contribution is 5.75. The van der Waals surface area contributed by atoms with Gasteiger partial charge in [0.25, 0.3) is 0 Å². The van der Waals surface area contributed by atoms with Crippen LogP contribution < -0.4 is 4.74 Å². The van der Waals surface area contributed by atoms with Crippen LogP contribution in [-0.2, 0) is 13.0 Å². The minimum atomic E-state index is -0.590. The Morgan fingerprint density at radius 3 is 2.76 bits per heavy atom. The zero-order chi connectivity index (χ0) is 17.8. The summed E-state index contributed by atoms with van der Waals surface area (Å²) < 4.78 is 7.98. The van der Waals surface area contributed by atoms with E-state index in [0.717, 1.165) is 46.6 Å². The molecule has 3 rings (SSSR count). The molecule has 3 aromatic rings. The summed E-state index contributed by atoms with van der Waals surface area (Å²) in [7, 11) is 0. The van der Waals surface area contributed by atoms with E-state index in [1.165, 1.54) is 0 Å². The lowest BCUT2D eigenvalue weighted by Gasteiger charge is -2.17. The first-order valence-electron chi connectivity index (χ1n) is 8.90. The fourth-order valence-electron chi connectivity index (χ4n) is 3.06. The Kier molecular flexibility index (Phi) is 5.39. The molecular weight excluding hydrogens is 312 g/mol. The average molecular weight is 338 g/mol. The molecule has 0 saturated carbocycles. The van der Waals surface area contributed by atoms with Gasteiger partial charge in [-0.1, -0.05) is 31.2 Å². The molecule has 1 aromatic heterocycles. The third-order valence-corrected chi connectivity index (χ3v) is 4.38. The van der Waals surface area contributed by atoms with Crippen LogP contribution in [0.15, 0.2) is 42.5 Å². The maximum atomic E-state index is 10.5. The van der Waals surface area contributed by atoms with E-state index in [-0.39, 0.29) is 6.61 Å². The highest BCUT2D eigenvalue weighted by Gasteiger charge is 2.14. The second-order valence-corrected chi connectivity index (χ2v) is 6.61. The van der Waals surface area contributed by atoms with Crippen LogP contribution in [0.3, 0.4) is 0 Å². The number of aliphatic hydroxyl groups excluding tert-OH is 1. The SMILES string of the molecule is CCCc1nc2ccccc2n1C[C@@H](O)COc1cc(C)ccc1C. The number of aromatic nitrogens is 2. The molecule has 2 aromatic carbocycles. The van der Waals surface area contributed by atoms with Crippen LogP contribution in [0.5, 0.6) is 5.75 Å². The summed E-state index contributed by atoms with van der Waals surface area (Å²) in [6.45, 7) is 6.95. The van der Waals surface area contributed by atoms with E-state index in [2.05, 4.69) is 23.6 Å². The first-order chi connectivity index (χ1) is 12.1. The van der Waals surface area contributed by atoms with Crippen LogP contribution >= 0.6 is 0 Å². The Morgan fingerprint density at radius 1 is 1.16 bits per heavy atom. The number of hydrogen-bond acceptors (Lipinski definition) is 3. The fraction of sp³-hybridized carbons (Fsp3) is 0.381. The summed E-state index contributed by atoms with van der Waals surface area (Å²) in [6.07, 6.45) is 1.34. The van der Waals surface area contributed by atoms with Crippen LogP contribution in [0.25, 0.3) is 11.0 Å². The molecule has 0 aliphatic carbocycles. The molecular formula is C21H26N2O2. The molecule has 0 unspecified atom stereocenters. The van der Waals surface area contributed by atoms with Crippen molar-refractivity contribution in [1.29, 1.82) is 0 Å². The van der Waals surface area contributed by atoms with E-state index in [4.69, 9.17) is 9.72 Å². The van der Waals surface area contributed by atoms with E-state index >= 15 is 0 Å². The van der Waals surface area contributed by atoms with E-state index in [9.17, 15) is 5.11 Å². The number of ether oxygens (including phenoxy) is 1. The predicted octanol–water partition coefficient (Wildman–Crippen LogP) is 4.05. The molecule has 0 bridgehead atoms. The molecule has 0 radical (unpaired) electrons. The van der Waals surface area contributed by atoms with Crippen molar-refractivity contribution >= 4 is 11.0 Å². The van der Waals surface area contributed by atoms with Crippen molar-refractivity contribution in [2.45, 2.75) is 46.3 Å². The molecule has 1 N–H and O–H groups in total. The van der Waals surface area contributed by atoms with Crippen LogP contribution in [0, 0.1) is 13.8 Å². The Balaban J connectivity index is 1.74. The van der Waals surface area contributed by atoms with Gasteiger partial charge in [-0.25, -0.2) is 4.98 Å². The highest BCUT2D eigenvalue weighted by Crippen LogP contribution is 2.21. The lowest BCUT2D eigenvalue weighted by molar-refractivity contribution is 0.0923. The molecule has 0 amide bonds. The van der Waals surface area contributed by atoms with Crippen molar-refractivity contribution in [2.24, 2.45) is 0 Å². The van der Waals surface area contributed by atoms with Gasteiger partial charge in [-0.15, -0.1) is 0 Å². The minimum Gasteiger partial charge on any atom is -0.491 e. The van der Waals surface area contributed by atoms with E-state index in [0.29, 0.717) is 6.54 Å². The third kappa shape index (κ3) is 4.02. The largest absolute Gasteiger partial charge is 0.491 e. The van der Waals surface area contributed by atoms with Gasteiger partial charge in [0.2, 0.25) is 0 Å². The van der Waals surface area contributed by atoms with Crippen LogP contribution in [0.2, 0.25) is 0 Å². The Morgan fingerprint density at radius 2 is 1.96 bits per heavy atom. The van der Waals surface area contributed by atoms with Gasteiger partial charge >= 0.3 is 0 Å². The van der Waals surface area contributed by atoms with Gasteiger partial charge in [-0.05, 0) is 49.6 Å². The summed E-state index contributed by atoms with van der Waals surface area (Å²) in [6, 6.07) is 14.2. The number of fused-ring (bicyclic) bond motifs is 1. The van der Waals surface area contributed by atoms with Gasteiger partial charge < -0.3 is 14.4 Å². The van der Waals surface area contributed by atoms with Gasteiger partial charge in [0, 0.05) is 6.42 Å². The number of imidazole rings is 1. The second-order valence-electron chi connectivity index (χ2n) is 6.61. The summed E-state index contributed by atoms with van der Waals surface area (Å²) in [5.41, 5.74) is 4.28. The molecule has 4 nitrogen and oxygen atoms in total. The zero-order valence-electron chi connectivity index (χ0n) is 15.2. The number of benzene rings is 2. The summed E-state index contributed by atoms with van der Waals surface area (Å²) in [5, 5.41) is 10.5. The Hall–Kier alpha value is -2.33. The highest BCUT2D eigenvalue weighted by atomic mass is 16.5. The van der Waals surface area contributed by atoms with Gasteiger partial charge in [0.05, 0.1) is 17.6 Å². The molecule has 4 heteroatoms. The molecule has 1 heterocycles. The molecule has 1 atom stereocenters. The minimum absolute atomic E-state index is 0.266. The summed E-state index contributed by atoms with van der Waals surface area (Å²) in [4.78, 5) is 4.71. The number of nitrogens with zero attached hydrogens (tertiary/aromatic N) is 2. The normalized spacial score (nSPS) is 12.5. The van der Waals surface area contributed by atoms with Crippen LogP contribution in [0.4, 0.5) is 0 Å². The molecule has 0 spiro atoms. The number of rotatable bonds is 7. The maximum Gasteiger partial charge on any atom is 0.122 e. The predicted molar refractivity (Wildman–Crippen MR) is 101 cm³/mol. The molecule has 0 aliphatic rings. The molecule has 132 valence electrons. The van der Waals surface area contributed by atoms with Crippen LogP contribution in [0.1, 0.15) is 30.3 Å². The molecule has 25 heavy (non-hydrogen) atoms. The number of para-hydroxylation sites is 2. The quantitative estimate of drug-likeness (QED) is 0.707. The second kappa shape index (κ2) is 7.70. The summed E-state index contributed by atoms with van der Waals surface area (Å²) >= 11 is 0. The van der Waals surface area contributed by atoms with E-state index in [1.807, 2.05) is 44.2 Å². The fourth-order valence-corrected chi connectivity index (χ4v) is 3.06. The van der Waals surface area contributed by atoms with Crippen molar-refractivity contribution in [3.05, 3.63) is 59.4 Å². The van der Waals surface area contributed by atoms with Gasteiger partial charge in [-0.3, -0.25) is 0 Å². The first-order valence-corrected chi connectivity index (χ1v) is 8.90. The van der Waals surface area contributed by atoms with E-state index in [1.54, 1.807) is 0 Å². The monoisotopic (exact) mass is 338 g/mol. The van der Waals surface area contributed by atoms with Crippen molar-refractivity contribution in [2.75, 3.05) is 6.61 Å². The summed E-state index contributed by atoms with van der Waals surface area (Å²) in [5.74, 6) is 1.86. The number of aryl methyl sites for hydroxylation is 3. The number of hydrogen-bond donors (Lipinski definition) is 1. The molecule has 0 fully saturated rings. The standard InChI is InChI=1S/C21H26N2O2/c1-4-7-21-22-18-8-5-6-9-19(18)23(21)13-17(24)14-25-20-12-15(2)10-11-16(20)3/h5-6,8-12,17,24H,4,7,13-14H2,1-3H3/t17-/m1/s1. The lowest BCUT2D eigenvalue weighted by Crippen LogP contribution is -2.24. The van der Waals surface area contributed by atoms with Gasteiger partial charge in [0.15, 0.2) is 0 Å². The molecule has 0 aliphatic heterocycles. The van der Waals surface area contributed by atoms with Gasteiger partial charge in [0.1, 0.15) is 24.3 Å². The molecule has 0 saturated heterocycles. The van der Waals surface area contributed by atoms with Crippen LogP contribution in [-0.4, -0.2) is 27.4 Å². The lowest BCUT2D eigenvalue weighted by atomic mass is 10.1. The van der Waals surface area contributed by atoms with Crippen molar-refractivity contribution in [1.82, 2.24) is 9.55 Å². The first kappa shape index (κ1) is 17.5. The van der Waals surface area contributed by atoms with Gasteiger partial charge in [-0.2, -0.15) is 0 Å². The average Bonchev–Trinajstić information content (AvgIpc) is 2.94. The Bertz CT molecular complexity index is 854. The zero-order valence-corrected chi connectivity index (χ0v) is 15.2. The van der Waals surface area contributed by atoms with Crippen molar-refractivity contribution < 1.29 is 9.84 Å². The topological polar surface area (TPSA) is 47.3 Å². The smallest absolute Gasteiger partial charge is 0.122 e.